The average molecular weight is 220 g/mol. The lowest BCUT2D eigenvalue weighted by molar-refractivity contribution is -0.459. The Balaban J connectivity index is 2.61. The highest BCUT2D eigenvalue weighted by Gasteiger charge is 1.97. The van der Waals surface area contributed by atoms with Gasteiger partial charge in [-0.15, -0.1) is 0 Å². The molecule has 0 saturated carbocycles. The van der Waals surface area contributed by atoms with E-state index in [4.69, 9.17) is 0 Å². The van der Waals surface area contributed by atoms with Gasteiger partial charge in [-0.2, -0.15) is 0 Å². The molecular weight excluding hydrogens is 200 g/mol. The zero-order valence-electron chi connectivity index (χ0n) is 10.4. The van der Waals surface area contributed by atoms with Gasteiger partial charge in [-0.1, -0.05) is 0 Å². The molecule has 16 heavy (non-hydrogen) atoms. The van der Waals surface area contributed by atoms with Gasteiger partial charge in [0.2, 0.25) is 12.7 Å². The predicted molar refractivity (Wildman–Crippen MR) is 70.0 cm³/mol. The van der Waals surface area contributed by atoms with Crippen molar-refractivity contribution >= 4 is 24.1 Å². The summed E-state index contributed by atoms with van der Waals surface area (Å²) in [4.78, 5) is 0. The highest BCUT2D eigenvalue weighted by atomic mass is 15.0. The molecule has 0 saturated heterocycles. The van der Waals surface area contributed by atoms with Crippen molar-refractivity contribution in [3.8, 4) is 0 Å². The molecule has 1 aromatic carbocycles. The smallest absolute Gasteiger partial charge is 0.236 e. The Morgan fingerprint density at radius 2 is 1.06 bits per heavy atom. The van der Waals surface area contributed by atoms with Crippen molar-refractivity contribution < 1.29 is 9.15 Å². The van der Waals surface area contributed by atoms with Crippen LogP contribution in [0.3, 0.4) is 0 Å². The first kappa shape index (κ1) is 12.2. The van der Waals surface area contributed by atoms with Crippen LogP contribution in [0.25, 0.3) is 0 Å². The third-order valence-electron chi connectivity index (χ3n) is 1.86. The Bertz CT molecular complexity index is 343. The second kappa shape index (κ2) is 5.90. The van der Waals surface area contributed by atoms with Gasteiger partial charge in [0.1, 0.15) is 11.4 Å². The second-order valence-electron chi connectivity index (χ2n) is 4.05. The topological polar surface area (TPSA) is 30.1 Å². The van der Waals surface area contributed by atoms with Gasteiger partial charge in [-0.3, -0.25) is 9.15 Å². The number of benzene rings is 1. The van der Waals surface area contributed by atoms with E-state index in [1.807, 2.05) is 74.3 Å². The highest BCUT2D eigenvalue weighted by molar-refractivity contribution is 5.76. The first-order chi connectivity index (χ1) is 7.58. The molecule has 4 heteroatoms. The van der Waals surface area contributed by atoms with E-state index >= 15 is 0 Å². The van der Waals surface area contributed by atoms with Crippen LogP contribution in [0, 0.1) is 0 Å². The summed E-state index contributed by atoms with van der Waals surface area (Å²) < 4.78 is 3.93. The largest absolute Gasteiger partial charge is 0.273 e. The van der Waals surface area contributed by atoms with Gasteiger partial charge in [0.25, 0.3) is 0 Å². The molecule has 0 aliphatic carbocycles. The summed E-state index contributed by atoms with van der Waals surface area (Å²) in [6.07, 6.45) is 3.82. The van der Waals surface area contributed by atoms with Crippen LogP contribution in [0.4, 0.5) is 11.4 Å². The van der Waals surface area contributed by atoms with Crippen molar-refractivity contribution in [2.75, 3.05) is 38.8 Å². The molecule has 0 fully saturated rings. The quantitative estimate of drug-likeness (QED) is 0.452. The molecule has 86 valence electrons. The standard InChI is InChI=1S/C12H18N4/c1-15(2)9-13-11-5-7-12(8-6-11)14-10-16(3)4/h5-10H,1-4H3/p+2. The third kappa shape index (κ3) is 4.59. The van der Waals surface area contributed by atoms with Gasteiger partial charge in [0, 0.05) is 0 Å². The van der Waals surface area contributed by atoms with E-state index in [2.05, 4.69) is 10.6 Å². The van der Waals surface area contributed by atoms with Crippen LogP contribution in [-0.4, -0.2) is 50.0 Å². The zero-order valence-corrected chi connectivity index (χ0v) is 10.4. The van der Waals surface area contributed by atoms with Gasteiger partial charge in [-0.25, -0.2) is 10.6 Å². The summed E-state index contributed by atoms with van der Waals surface area (Å²) in [5.41, 5.74) is 2.15. The van der Waals surface area contributed by atoms with Gasteiger partial charge in [0.05, 0.1) is 28.2 Å². The fourth-order valence-corrected chi connectivity index (χ4v) is 1.07. The maximum absolute atomic E-state index is 3.19. The van der Waals surface area contributed by atoms with Crippen molar-refractivity contribution in [1.29, 1.82) is 0 Å². The lowest BCUT2D eigenvalue weighted by atomic mass is 10.3. The lowest BCUT2D eigenvalue weighted by Gasteiger charge is -1.97. The Labute approximate surface area is 96.9 Å². The minimum atomic E-state index is 1.07. The van der Waals surface area contributed by atoms with Crippen LogP contribution >= 0.6 is 0 Å². The van der Waals surface area contributed by atoms with Crippen LogP contribution in [0.5, 0.6) is 0 Å². The number of rotatable bonds is 4. The molecule has 0 atom stereocenters. The number of hydrogen-bond acceptors (Lipinski definition) is 0. The minimum Gasteiger partial charge on any atom is -0.273 e. The summed E-state index contributed by atoms with van der Waals surface area (Å²) in [5.74, 6) is 0. The molecule has 0 aromatic heterocycles. The van der Waals surface area contributed by atoms with Crippen LogP contribution in [0.1, 0.15) is 0 Å². The second-order valence-corrected chi connectivity index (χ2v) is 4.05. The first-order valence-corrected chi connectivity index (χ1v) is 5.20. The lowest BCUT2D eigenvalue weighted by Crippen LogP contribution is -2.08. The van der Waals surface area contributed by atoms with E-state index < -0.39 is 0 Å². The fraction of sp³-hybridized carbons (Fsp3) is 0.333. The van der Waals surface area contributed by atoms with Crippen molar-refractivity contribution in [3.05, 3.63) is 24.3 Å². The van der Waals surface area contributed by atoms with Crippen LogP contribution in [0.15, 0.2) is 24.3 Å². The zero-order chi connectivity index (χ0) is 12.0. The Hall–Kier alpha value is -1.84. The number of nitrogens with zero attached hydrogens (tertiary/aromatic N) is 2. The Morgan fingerprint density at radius 3 is 1.31 bits per heavy atom. The van der Waals surface area contributed by atoms with Crippen molar-refractivity contribution in [3.63, 3.8) is 0 Å². The summed E-state index contributed by atoms with van der Waals surface area (Å²) in [7, 11) is 7.92. The molecule has 0 bridgehead atoms. The molecule has 0 unspecified atom stereocenters. The van der Waals surface area contributed by atoms with Crippen LogP contribution < -0.4 is 10.6 Å². The van der Waals surface area contributed by atoms with Gasteiger partial charge in [-0.05, 0) is 24.3 Å². The molecule has 1 aromatic rings. The van der Waals surface area contributed by atoms with E-state index in [0.29, 0.717) is 0 Å². The summed E-state index contributed by atoms with van der Waals surface area (Å²) in [6.45, 7) is 0. The molecular formula is C12H20N4+2. The number of anilines is 2. The minimum absolute atomic E-state index is 1.07. The summed E-state index contributed by atoms with van der Waals surface area (Å²) in [6, 6.07) is 8.13. The van der Waals surface area contributed by atoms with Crippen molar-refractivity contribution in [2.24, 2.45) is 0 Å². The average Bonchev–Trinajstić information content (AvgIpc) is 2.25. The van der Waals surface area contributed by atoms with Crippen LogP contribution in [-0.2, 0) is 0 Å². The SMILES string of the molecule is C[N+](C)=CNc1ccc(NC=[N+](C)C)cc1. The third-order valence-corrected chi connectivity index (χ3v) is 1.86. The van der Waals surface area contributed by atoms with E-state index in [1.54, 1.807) is 0 Å². The summed E-state index contributed by atoms with van der Waals surface area (Å²) >= 11 is 0. The van der Waals surface area contributed by atoms with E-state index in [0.717, 1.165) is 11.4 Å². The van der Waals surface area contributed by atoms with Gasteiger partial charge in [0.15, 0.2) is 0 Å². The van der Waals surface area contributed by atoms with E-state index in [9.17, 15) is 0 Å². The Kier molecular flexibility index (Phi) is 4.51. The molecule has 0 aliphatic heterocycles. The van der Waals surface area contributed by atoms with Crippen molar-refractivity contribution in [1.82, 2.24) is 0 Å². The molecule has 1 rings (SSSR count). The molecule has 0 radical (unpaired) electrons. The van der Waals surface area contributed by atoms with Crippen LogP contribution in [0.2, 0.25) is 0 Å². The van der Waals surface area contributed by atoms with E-state index in [1.165, 1.54) is 0 Å². The maximum atomic E-state index is 3.19. The first-order valence-electron chi connectivity index (χ1n) is 5.20. The van der Waals surface area contributed by atoms with Crippen molar-refractivity contribution in [2.45, 2.75) is 0 Å². The molecule has 4 nitrogen and oxygen atoms in total. The molecule has 0 spiro atoms. The fourth-order valence-electron chi connectivity index (χ4n) is 1.07. The summed E-state index contributed by atoms with van der Waals surface area (Å²) in [5, 5.41) is 6.38. The molecule has 0 amide bonds. The highest BCUT2D eigenvalue weighted by Crippen LogP contribution is 2.11. The monoisotopic (exact) mass is 220 g/mol. The number of nitrogens with one attached hydrogen (secondary N) is 2. The van der Waals surface area contributed by atoms with E-state index in [-0.39, 0.29) is 0 Å². The maximum Gasteiger partial charge on any atom is 0.236 e. The molecule has 0 heterocycles. The Morgan fingerprint density at radius 1 is 0.750 bits per heavy atom. The molecule has 0 aliphatic rings. The molecule has 2 N–H and O–H groups in total. The normalized spacial score (nSPS) is 9.25. The van der Waals surface area contributed by atoms with Gasteiger partial charge < -0.3 is 0 Å². The predicted octanol–water partition coefficient (Wildman–Crippen LogP) is 1.11. The number of hydrogen-bond donors (Lipinski definition) is 2. The van der Waals surface area contributed by atoms with Gasteiger partial charge >= 0.3 is 0 Å².